The van der Waals surface area contributed by atoms with Crippen LogP contribution in [0.5, 0.6) is 0 Å². The lowest BCUT2D eigenvalue weighted by atomic mass is 9.96. The number of rotatable bonds is 4. The predicted molar refractivity (Wildman–Crippen MR) is 108 cm³/mol. The van der Waals surface area contributed by atoms with Crippen LogP contribution < -0.4 is 5.32 Å². The van der Waals surface area contributed by atoms with Crippen LogP contribution in [0.25, 0.3) is 5.69 Å². The van der Waals surface area contributed by atoms with Gasteiger partial charge in [-0.1, -0.05) is 0 Å². The van der Waals surface area contributed by atoms with Crippen molar-refractivity contribution in [2.45, 2.75) is 19.4 Å². The lowest BCUT2D eigenvalue weighted by molar-refractivity contribution is -0.138. The molecule has 2 saturated heterocycles. The maximum absolute atomic E-state index is 13.2. The van der Waals surface area contributed by atoms with Gasteiger partial charge in [0.05, 0.1) is 17.3 Å². The lowest BCUT2D eigenvalue weighted by Gasteiger charge is -2.36. The Labute approximate surface area is 171 Å². The van der Waals surface area contributed by atoms with E-state index in [9.17, 15) is 9.18 Å². The summed E-state index contributed by atoms with van der Waals surface area (Å²) in [5.41, 5.74) is 1.90. The van der Waals surface area contributed by atoms with Gasteiger partial charge in [-0.2, -0.15) is 5.10 Å². The molecule has 0 radical (unpaired) electrons. The van der Waals surface area contributed by atoms with Crippen LogP contribution in [0.3, 0.4) is 0 Å². The molecule has 2 fully saturated rings. The molecular formula is C20H27ClFN5O. The second-order valence-electron chi connectivity index (χ2n) is 7.36. The topological polar surface area (TPSA) is 53.4 Å². The largest absolute Gasteiger partial charge is 0.340 e. The number of piperazine rings is 1. The van der Waals surface area contributed by atoms with Gasteiger partial charge in [-0.3, -0.25) is 9.69 Å². The normalized spacial score (nSPS) is 20.6. The van der Waals surface area contributed by atoms with Crippen LogP contribution in [0.4, 0.5) is 4.39 Å². The Balaban J connectivity index is 0.00000225. The van der Waals surface area contributed by atoms with Gasteiger partial charge >= 0.3 is 0 Å². The van der Waals surface area contributed by atoms with Crippen molar-refractivity contribution >= 4 is 18.3 Å². The fraction of sp³-hybridized carbons (Fsp3) is 0.500. The molecule has 3 heterocycles. The molecule has 0 aliphatic carbocycles. The molecule has 1 N–H and O–H groups in total. The molecule has 0 spiro atoms. The molecule has 0 saturated carbocycles. The van der Waals surface area contributed by atoms with Crippen LogP contribution >= 0.6 is 12.4 Å². The molecule has 1 atom stereocenters. The number of nitrogens with one attached hydrogen (secondary N) is 1. The molecular weight excluding hydrogens is 381 g/mol. The summed E-state index contributed by atoms with van der Waals surface area (Å²) in [7, 11) is 0. The van der Waals surface area contributed by atoms with Crippen LogP contribution in [-0.4, -0.2) is 64.8 Å². The van der Waals surface area contributed by atoms with Gasteiger partial charge < -0.3 is 10.2 Å². The number of amides is 1. The number of aromatic nitrogens is 2. The van der Waals surface area contributed by atoms with Gasteiger partial charge in [-0.05, 0) is 49.7 Å². The van der Waals surface area contributed by atoms with Gasteiger partial charge in [0, 0.05) is 45.5 Å². The highest BCUT2D eigenvalue weighted by Gasteiger charge is 2.30. The fourth-order valence-corrected chi connectivity index (χ4v) is 4.04. The molecule has 1 unspecified atom stereocenters. The molecule has 2 aromatic rings. The first-order valence-corrected chi connectivity index (χ1v) is 9.71. The van der Waals surface area contributed by atoms with E-state index in [1.165, 1.54) is 12.1 Å². The minimum absolute atomic E-state index is 0. The Bertz CT molecular complexity index is 775. The zero-order valence-corrected chi connectivity index (χ0v) is 16.7. The standard InChI is InChI=1S/C20H26FN5O.ClH/c21-17-3-5-18(6-4-17)26-19(7-8-23-26)15-24-11-1-2-16(14-24)20(27)25-12-9-22-10-13-25;/h3-8,16,22H,1-2,9-15H2;1H. The first-order valence-electron chi connectivity index (χ1n) is 9.71. The number of hydrogen-bond donors (Lipinski definition) is 1. The van der Waals surface area contributed by atoms with E-state index in [0.29, 0.717) is 5.91 Å². The summed E-state index contributed by atoms with van der Waals surface area (Å²) in [6, 6.07) is 8.36. The molecule has 2 aliphatic heterocycles. The Morgan fingerprint density at radius 3 is 2.64 bits per heavy atom. The van der Waals surface area contributed by atoms with E-state index in [1.807, 2.05) is 15.6 Å². The van der Waals surface area contributed by atoms with E-state index in [2.05, 4.69) is 15.3 Å². The smallest absolute Gasteiger partial charge is 0.227 e. The van der Waals surface area contributed by atoms with E-state index in [-0.39, 0.29) is 24.1 Å². The van der Waals surface area contributed by atoms with E-state index in [4.69, 9.17) is 0 Å². The first kappa shape index (κ1) is 20.8. The van der Waals surface area contributed by atoms with Crippen molar-refractivity contribution in [3.63, 3.8) is 0 Å². The zero-order valence-electron chi connectivity index (χ0n) is 15.9. The molecule has 8 heteroatoms. The Kier molecular flexibility index (Phi) is 7.04. The second-order valence-corrected chi connectivity index (χ2v) is 7.36. The predicted octanol–water partition coefficient (Wildman–Crippen LogP) is 2.08. The molecule has 1 aromatic heterocycles. The van der Waals surface area contributed by atoms with Crippen molar-refractivity contribution in [1.82, 2.24) is 24.9 Å². The summed E-state index contributed by atoms with van der Waals surface area (Å²) in [5, 5.41) is 7.69. The van der Waals surface area contributed by atoms with Gasteiger partial charge in [0.1, 0.15) is 5.82 Å². The number of carbonyl (C=O) groups excluding carboxylic acids is 1. The highest BCUT2D eigenvalue weighted by atomic mass is 35.5. The van der Waals surface area contributed by atoms with Gasteiger partial charge in [0.2, 0.25) is 5.91 Å². The minimum Gasteiger partial charge on any atom is -0.340 e. The quantitative estimate of drug-likeness (QED) is 0.843. The van der Waals surface area contributed by atoms with Crippen LogP contribution in [0.1, 0.15) is 18.5 Å². The molecule has 28 heavy (non-hydrogen) atoms. The van der Waals surface area contributed by atoms with E-state index in [0.717, 1.165) is 70.0 Å². The second kappa shape index (κ2) is 9.49. The van der Waals surface area contributed by atoms with Crippen molar-refractivity contribution in [2.75, 3.05) is 39.3 Å². The SMILES string of the molecule is Cl.O=C(C1CCCN(Cc2ccnn2-c2ccc(F)cc2)C1)N1CCNCC1. The average Bonchev–Trinajstić information content (AvgIpc) is 3.17. The van der Waals surface area contributed by atoms with Gasteiger partial charge in [-0.15, -0.1) is 12.4 Å². The number of carbonyl (C=O) groups is 1. The zero-order chi connectivity index (χ0) is 18.6. The van der Waals surface area contributed by atoms with E-state index in [1.54, 1.807) is 18.3 Å². The molecule has 1 amide bonds. The molecule has 2 aliphatic rings. The number of halogens is 2. The van der Waals surface area contributed by atoms with Gasteiger partial charge in [-0.25, -0.2) is 9.07 Å². The molecule has 152 valence electrons. The summed E-state index contributed by atoms with van der Waals surface area (Å²) < 4.78 is 15.0. The third kappa shape index (κ3) is 4.71. The molecule has 1 aromatic carbocycles. The van der Waals surface area contributed by atoms with Crippen molar-refractivity contribution in [2.24, 2.45) is 5.92 Å². The van der Waals surface area contributed by atoms with Crippen molar-refractivity contribution < 1.29 is 9.18 Å². The maximum atomic E-state index is 13.2. The summed E-state index contributed by atoms with van der Waals surface area (Å²) in [6.45, 7) is 5.91. The van der Waals surface area contributed by atoms with Crippen LogP contribution in [0.2, 0.25) is 0 Å². The Hall–Kier alpha value is -1.96. The van der Waals surface area contributed by atoms with Gasteiger partial charge in [0.25, 0.3) is 0 Å². The van der Waals surface area contributed by atoms with Crippen molar-refractivity contribution in [1.29, 1.82) is 0 Å². The molecule has 0 bridgehead atoms. The first-order chi connectivity index (χ1) is 13.2. The summed E-state index contributed by atoms with van der Waals surface area (Å²) in [4.78, 5) is 17.2. The van der Waals surface area contributed by atoms with Crippen LogP contribution in [0.15, 0.2) is 36.5 Å². The number of piperidine rings is 1. The highest BCUT2D eigenvalue weighted by molar-refractivity contribution is 5.85. The molecule has 4 rings (SSSR count). The van der Waals surface area contributed by atoms with Crippen LogP contribution in [0, 0.1) is 11.7 Å². The summed E-state index contributed by atoms with van der Waals surface area (Å²) >= 11 is 0. The summed E-state index contributed by atoms with van der Waals surface area (Å²) in [6.07, 6.45) is 3.77. The number of likely N-dealkylation sites (tertiary alicyclic amines) is 1. The highest BCUT2D eigenvalue weighted by Crippen LogP contribution is 2.22. The van der Waals surface area contributed by atoms with Crippen molar-refractivity contribution in [3.8, 4) is 5.69 Å². The third-order valence-corrected chi connectivity index (χ3v) is 5.46. The number of nitrogens with zero attached hydrogens (tertiary/aromatic N) is 4. The minimum atomic E-state index is -0.252. The maximum Gasteiger partial charge on any atom is 0.227 e. The number of hydrogen-bond acceptors (Lipinski definition) is 4. The molecule has 6 nitrogen and oxygen atoms in total. The van der Waals surface area contributed by atoms with E-state index >= 15 is 0 Å². The Morgan fingerprint density at radius 1 is 1.14 bits per heavy atom. The fourth-order valence-electron chi connectivity index (χ4n) is 4.04. The van der Waals surface area contributed by atoms with E-state index < -0.39 is 0 Å². The monoisotopic (exact) mass is 407 g/mol. The lowest BCUT2D eigenvalue weighted by Crippen LogP contribution is -2.51. The van der Waals surface area contributed by atoms with Crippen LogP contribution in [-0.2, 0) is 11.3 Å². The van der Waals surface area contributed by atoms with Gasteiger partial charge in [0.15, 0.2) is 0 Å². The number of benzene rings is 1. The average molecular weight is 408 g/mol. The summed E-state index contributed by atoms with van der Waals surface area (Å²) in [5.74, 6) is 0.130. The third-order valence-electron chi connectivity index (χ3n) is 5.46. The Morgan fingerprint density at radius 2 is 1.89 bits per heavy atom. The van der Waals surface area contributed by atoms with Crippen molar-refractivity contribution in [3.05, 3.63) is 48.0 Å².